The van der Waals surface area contributed by atoms with Gasteiger partial charge in [0.05, 0.1) is 59.0 Å². The van der Waals surface area contributed by atoms with E-state index in [-0.39, 0.29) is 24.8 Å². The van der Waals surface area contributed by atoms with Gasteiger partial charge in [-0.25, -0.2) is 4.79 Å². The van der Waals surface area contributed by atoms with Crippen LogP contribution in [0.25, 0.3) is 0 Å². The van der Waals surface area contributed by atoms with Crippen LogP contribution in [-0.4, -0.2) is 109 Å². The molecule has 0 N–H and O–H groups in total. The van der Waals surface area contributed by atoms with Gasteiger partial charge in [-0.3, -0.25) is 4.79 Å². The summed E-state index contributed by atoms with van der Waals surface area (Å²) >= 11 is 0. The second-order valence-electron chi connectivity index (χ2n) is 14.6. The number of rotatable bonds is 22. The van der Waals surface area contributed by atoms with E-state index in [0.717, 1.165) is 57.7 Å². The van der Waals surface area contributed by atoms with Gasteiger partial charge in [-0.2, -0.15) is 0 Å². The Labute approximate surface area is 291 Å². The lowest BCUT2D eigenvalue weighted by Crippen LogP contribution is -2.20. The Morgan fingerprint density at radius 1 is 0.583 bits per heavy atom. The normalized spacial score (nSPS) is 22.3. The van der Waals surface area contributed by atoms with E-state index < -0.39 is 6.16 Å². The molecule has 4 rings (SSSR count). The zero-order valence-corrected chi connectivity index (χ0v) is 31.5. The van der Waals surface area contributed by atoms with E-state index in [9.17, 15) is 9.59 Å². The Hall–Kier alpha value is -1.50. The monoisotopic (exact) mass is 690 g/mol. The first kappa shape index (κ1) is 44.5. The lowest BCUT2D eigenvalue weighted by atomic mass is 10.0. The van der Waals surface area contributed by atoms with Crippen molar-refractivity contribution in [2.75, 3.05) is 72.7 Å². The average Bonchev–Trinajstić information content (AvgIpc) is 3.94. The highest BCUT2D eigenvalue weighted by Crippen LogP contribution is 2.20. The zero-order valence-electron chi connectivity index (χ0n) is 31.5. The summed E-state index contributed by atoms with van der Waals surface area (Å²) < 4.78 is 45.8. The quantitative estimate of drug-likeness (QED) is 0.0662. The minimum absolute atomic E-state index is 0.00968. The molecule has 0 aliphatic carbocycles. The Morgan fingerprint density at radius 3 is 1.46 bits per heavy atom. The summed E-state index contributed by atoms with van der Waals surface area (Å²) in [5.74, 6) is 2.77. The van der Waals surface area contributed by atoms with Gasteiger partial charge in [-0.05, 0) is 49.4 Å². The molecule has 11 heteroatoms. The summed E-state index contributed by atoms with van der Waals surface area (Å²) in [7, 11) is 0. The lowest BCUT2D eigenvalue weighted by molar-refractivity contribution is -0.141. The van der Waals surface area contributed by atoms with Crippen molar-refractivity contribution in [2.24, 2.45) is 23.7 Å². The smallest absolute Gasteiger partial charge is 0.462 e. The van der Waals surface area contributed by atoms with Crippen LogP contribution in [-0.2, 0) is 47.4 Å². The summed E-state index contributed by atoms with van der Waals surface area (Å²) in [6.45, 7) is 24.8. The molecular formula is C37H70O11. The van der Waals surface area contributed by atoms with Crippen molar-refractivity contribution in [3.63, 3.8) is 0 Å². The van der Waals surface area contributed by atoms with Crippen molar-refractivity contribution in [3.05, 3.63) is 0 Å². The van der Waals surface area contributed by atoms with E-state index in [0.29, 0.717) is 63.5 Å². The molecule has 4 heterocycles. The SMILES string of the molecule is CC(C)CCCC1CCC(=O)O1.CC(C)CCCC1CO1.CC(C)COCCOCC1CO1.CC(C)COCCOCC1COC(=O)O1. The standard InChI is InChI=1S/C10H18O5.C10H18O2.C9H18O3.C8H16O/c1-8(2)5-12-3-4-13-6-9-7-14-10(11)15-9;1-8(2)4-3-5-9-6-7-10(11)12-9;1-8(2)5-10-3-4-11-6-9-7-12-9;1-7(2)4-3-5-8-6-9-8/h8-9H,3-7H2,1-2H3;2*8-9H,3-7H2,1-2H3;7-8H,3-6H2,1-2H3. The van der Waals surface area contributed by atoms with Gasteiger partial charge in [0.15, 0.2) is 6.10 Å². The molecule has 4 fully saturated rings. The largest absolute Gasteiger partial charge is 0.508 e. The summed E-state index contributed by atoms with van der Waals surface area (Å²) in [4.78, 5) is 21.3. The van der Waals surface area contributed by atoms with Crippen molar-refractivity contribution < 1.29 is 52.2 Å². The molecule has 0 bridgehead atoms. The van der Waals surface area contributed by atoms with Crippen LogP contribution in [0.4, 0.5) is 4.79 Å². The summed E-state index contributed by atoms with van der Waals surface area (Å²) in [5.41, 5.74) is 0. The first-order valence-electron chi connectivity index (χ1n) is 18.5. The first-order chi connectivity index (χ1) is 22.9. The van der Waals surface area contributed by atoms with E-state index in [2.05, 4.69) is 60.1 Å². The third-order valence-electron chi connectivity index (χ3n) is 7.29. The molecule has 0 aromatic carbocycles. The fourth-order valence-corrected chi connectivity index (χ4v) is 4.44. The lowest BCUT2D eigenvalue weighted by Gasteiger charge is -2.09. The number of epoxide rings is 2. The maximum atomic E-state index is 10.7. The molecule has 0 aromatic rings. The summed E-state index contributed by atoms with van der Waals surface area (Å²) in [5, 5.41) is 0. The van der Waals surface area contributed by atoms with Crippen molar-refractivity contribution in [2.45, 2.75) is 131 Å². The van der Waals surface area contributed by atoms with Crippen LogP contribution in [0.2, 0.25) is 0 Å². The fourth-order valence-electron chi connectivity index (χ4n) is 4.44. The number of carbonyl (C=O) groups is 2. The number of cyclic esters (lactones) is 3. The first-order valence-corrected chi connectivity index (χ1v) is 18.5. The molecule has 4 aliphatic rings. The molecule has 4 atom stereocenters. The molecular weight excluding hydrogens is 620 g/mol. The highest BCUT2D eigenvalue weighted by Gasteiger charge is 2.25. The molecule has 4 unspecified atom stereocenters. The van der Waals surface area contributed by atoms with Crippen LogP contribution in [0.5, 0.6) is 0 Å². The molecule has 4 saturated heterocycles. The second kappa shape index (κ2) is 28.2. The number of esters is 1. The van der Waals surface area contributed by atoms with E-state index in [1.54, 1.807) is 0 Å². The van der Waals surface area contributed by atoms with E-state index in [4.69, 9.17) is 37.9 Å². The molecule has 4 aliphatic heterocycles. The van der Waals surface area contributed by atoms with Crippen molar-refractivity contribution in [3.8, 4) is 0 Å². The van der Waals surface area contributed by atoms with Crippen LogP contribution in [0.1, 0.15) is 107 Å². The number of hydrogen-bond donors (Lipinski definition) is 0. The molecule has 48 heavy (non-hydrogen) atoms. The number of ether oxygens (including phenoxy) is 9. The molecule has 0 aromatic heterocycles. The van der Waals surface area contributed by atoms with E-state index in [1.807, 2.05) is 0 Å². The Kier molecular flexibility index (Phi) is 26.2. The average molecular weight is 691 g/mol. The van der Waals surface area contributed by atoms with Crippen LogP contribution >= 0.6 is 0 Å². The summed E-state index contributed by atoms with van der Waals surface area (Å²) in [6, 6.07) is 0. The van der Waals surface area contributed by atoms with Gasteiger partial charge in [0.2, 0.25) is 0 Å². The van der Waals surface area contributed by atoms with Gasteiger partial charge in [0, 0.05) is 19.6 Å². The maximum absolute atomic E-state index is 10.7. The highest BCUT2D eigenvalue weighted by atomic mass is 16.8. The van der Waals surface area contributed by atoms with Crippen molar-refractivity contribution >= 4 is 12.1 Å². The van der Waals surface area contributed by atoms with Gasteiger partial charge < -0.3 is 42.6 Å². The molecule has 284 valence electrons. The summed E-state index contributed by atoms with van der Waals surface area (Å²) in [6.07, 6.45) is 9.44. The number of hydrogen-bond acceptors (Lipinski definition) is 11. The third-order valence-corrected chi connectivity index (χ3v) is 7.29. The predicted molar refractivity (Wildman–Crippen MR) is 185 cm³/mol. The topological polar surface area (TPSA) is 124 Å². The Balaban J connectivity index is 0.000000324. The second-order valence-corrected chi connectivity index (χ2v) is 14.6. The maximum Gasteiger partial charge on any atom is 0.508 e. The number of carbonyl (C=O) groups excluding carboxylic acids is 2. The molecule has 0 spiro atoms. The van der Waals surface area contributed by atoms with E-state index >= 15 is 0 Å². The van der Waals surface area contributed by atoms with Gasteiger partial charge in [0.25, 0.3) is 0 Å². The van der Waals surface area contributed by atoms with Gasteiger partial charge >= 0.3 is 12.1 Å². The minimum atomic E-state index is -0.611. The van der Waals surface area contributed by atoms with Crippen LogP contribution in [0, 0.1) is 23.7 Å². The minimum Gasteiger partial charge on any atom is -0.462 e. The third kappa shape index (κ3) is 30.6. The van der Waals surface area contributed by atoms with Crippen LogP contribution in [0.15, 0.2) is 0 Å². The fraction of sp³-hybridized carbons (Fsp3) is 0.946. The van der Waals surface area contributed by atoms with Gasteiger partial charge in [-0.1, -0.05) is 74.7 Å². The molecule has 0 radical (unpaired) electrons. The van der Waals surface area contributed by atoms with Crippen molar-refractivity contribution in [1.29, 1.82) is 0 Å². The van der Waals surface area contributed by atoms with Gasteiger partial charge in [-0.15, -0.1) is 0 Å². The molecule has 0 amide bonds. The predicted octanol–water partition coefficient (Wildman–Crippen LogP) is 7.02. The van der Waals surface area contributed by atoms with Crippen LogP contribution < -0.4 is 0 Å². The molecule has 11 nitrogen and oxygen atoms in total. The van der Waals surface area contributed by atoms with Crippen molar-refractivity contribution in [1.82, 2.24) is 0 Å². The zero-order chi connectivity index (χ0) is 35.6. The highest BCUT2D eigenvalue weighted by molar-refractivity contribution is 5.71. The van der Waals surface area contributed by atoms with Gasteiger partial charge in [0.1, 0.15) is 18.8 Å². The van der Waals surface area contributed by atoms with Crippen LogP contribution in [0.3, 0.4) is 0 Å². The molecule has 0 saturated carbocycles. The Bertz CT molecular complexity index is 773. The Morgan fingerprint density at radius 2 is 1.06 bits per heavy atom. The van der Waals surface area contributed by atoms with E-state index in [1.165, 1.54) is 32.1 Å².